The van der Waals surface area contributed by atoms with E-state index in [0.717, 1.165) is 0 Å². The van der Waals surface area contributed by atoms with Crippen molar-refractivity contribution in [1.82, 2.24) is 4.90 Å². The van der Waals surface area contributed by atoms with Crippen molar-refractivity contribution in [1.29, 1.82) is 0 Å². The van der Waals surface area contributed by atoms with Crippen LogP contribution in [0.1, 0.15) is 40.0 Å². The molecule has 0 aliphatic carbocycles. The Balaban J connectivity index is 2.91. The van der Waals surface area contributed by atoms with E-state index >= 15 is 0 Å². The lowest BCUT2D eigenvalue weighted by Crippen LogP contribution is -2.42. The number of aliphatic hydroxyl groups excluding tert-OH is 1. The average Bonchev–Trinajstić information content (AvgIpc) is 2.79. The van der Waals surface area contributed by atoms with Crippen molar-refractivity contribution in [3.05, 3.63) is 0 Å². The number of β-amino-alcohol motifs (C(OH)–C–C–N with tert-alkyl or cyclic N) is 1. The Morgan fingerprint density at radius 2 is 1.71 bits per heavy atom. The van der Waals surface area contributed by atoms with Crippen molar-refractivity contribution in [3.8, 4) is 0 Å². The number of esters is 2. The van der Waals surface area contributed by atoms with Gasteiger partial charge in [0, 0.05) is 12.3 Å². The van der Waals surface area contributed by atoms with Gasteiger partial charge in [0.2, 0.25) is 0 Å². The fraction of sp³-hybridized carbons (Fsp3) is 0.812. The zero-order valence-corrected chi connectivity index (χ0v) is 14.9. The maximum Gasteiger partial charge on any atom is 0.410 e. The van der Waals surface area contributed by atoms with E-state index in [9.17, 15) is 19.5 Å². The number of nitrogens with zero attached hydrogens (tertiary/aromatic N) is 1. The van der Waals surface area contributed by atoms with E-state index in [-0.39, 0.29) is 19.4 Å². The first-order chi connectivity index (χ1) is 11.1. The minimum Gasteiger partial charge on any atom is -0.469 e. The second kappa shape index (κ2) is 8.32. The molecule has 0 aromatic carbocycles. The summed E-state index contributed by atoms with van der Waals surface area (Å²) < 4.78 is 14.6. The third kappa shape index (κ3) is 5.67. The molecule has 0 radical (unpaired) electrons. The number of hydrogen-bond donors (Lipinski definition) is 1. The number of carbonyl (C=O) groups is 3. The van der Waals surface area contributed by atoms with Crippen molar-refractivity contribution < 1.29 is 33.7 Å². The van der Waals surface area contributed by atoms with E-state index < -0.39 is 41.7 Å². The number of ether oxygens (including phenoxy) is 3. The highest BCUT2D eigenvalue weighted by Gasteiger charge is 2.45. The van der Waals surface area contributed by atoms with Crippen LogP contribution in [0.3, 0.4) is 0 Å². The zero-order valence-electron chi connectivity index (χ0n) is 14.9. The third-order valence-electron chi connectivity index (χ3n) is 3.91. The van der Waals surface area contributed by atoms with E-state index in [0.29, 0.717) is 6.42 Å². The number of amides is 1. The number of likely N-dealkylation sites (tertiary alicyclic amines) is 1. The van der Waals surface area contributed by atoms with Gasteiger partial charge in [-0.05, 0) is 27.2 Å². The summed E-state index contributed by atoms with van der Waals surface area (Å²) in [6.07, 6.45) is -1.13. The predicted octanol–water partition coefficient (Wildman–Crippen LogP) is 1.10. The van der Waals surface area contributed by atoms with Gasteiger partial charge in [0.25, 0.3) is 0 Å². The molecule has 8 nitrogen and oxygen atoms in total. The fourth-order valence-corrected chi connectivity index (χ4v) is 2.78. The Kier molecular flexibility index (Phi) is 7.01. The minimum atomic E-state index is -0.850. The van der Waals surface area contributed by atoms with Gasteiger partial charge in [-0.25, -0.2) is 4.79 Å². The molecule has 138 valence electrons. The van der Waals surface area contributed by atoms with Gasteiger partial charge in [-0.15, -0.1) is 0 Å². The summed E-state index contributed by atoms with van der Waals surface area (Å²) in [6.45, 7) is 5.26. The van der Waals surface area contributed by atoms with Crippen molar-refractivity contribution in [2.45, 2.75) is 57.8 Å². The molecule has 1 aliphatic heterocycles. The van der Waals surface area contributed by atoms with Gasteiger partial charge < -0.3 is 24.2 Å². The Hall–Kier alpha value is -1.83. The summed E-state index contributed by atoms with van der Waals surface area (Å²) in [5.74, 6) is -1.34. The molecule has 0 saturated carbocycles. The molecule has 1 fully saturated rings. The average molecular weight is 345 g/mol. The number of carbonyl (C=O) groups excluding carboxylic acids is 3. The van der Waals surface area contributed by atoms with E-state index in [1.807, 2.05) is 0 Å². The molecule has 1 rings (SSSR count). The second-order valence-electron chi connectivity index (χ2n) is 6.83. The van der Waals surface area contributed by atoms with Crippen LogP contribution in [-0.4, -0.2) is 66.5 Å². The Morgan fingerprint density at radius 3 is 2.21 bits per heavy atom. The van der Waals surface area contributed by atoms with E-state index in [2.05, 4.69) is 9.47 Å². The predicted molar refractivity (Wildman–Crippen MR) is 84.1 cm³/mol. The molecule has 24 heavy (non-hydrogen) atoms. The molecule has 0 spiro atoms. The van der Waals surface area contributed by atoms with Crippen LogP contribution in [0, 0.1) is 5.92 Å². The molecule has 2 unspecified atom stereocenters. The first kappa shape index (κ1) is 20.2. The lowest BCUT2D eigenvalue weighted by Gasteiger charge is -2.29. The number of rotatable bonds is 5. The highest BCUT2D eigenvalue weighted by atomic mass is 16.6. The summed E-state index contributed by atoms with van der Waals surface area (Å²) in [5, 5.41) is 10.3. The maximum atomic E-state index is 12.4. The van der Waals surface area contributed by atoms with Crippen LogP contribution in [0.25, 0.3) is 0 Å². The summed E-state index contributed by atoms with van der Waals surface area (Å²) in [5.41, 5.74) is -0.693. The van der Waals surface area contributed by atoms with Gasteiger partial charge in [-0.3, -0.25) is 9.59 Å². The van der Waals surface area contributed by atoms with Crippen LogP contribution in [0.2, 0.25) is 0 Å². The molecule has 0 bridgehead atoms. The first-order valence-electron chi connectivity index (χ1n) is 7.90. The van der Waals surface area contributed by atoms with Gasteiger partial charge >= 0.3 is 18.0 Å². The summed E-state index contributed by atoms with van der Waals surface area (Å²) >= 11 is 0. The monoisotopic (exact) mass is 345 g/mol. The lowest BCUT2D eigenvalue weighted by atomic mass is 9.91. The Bertz CT molecular complexity index is 472. The molecule has 8 heteroatoms. The van der Waals surface area contributed by atoms with Gasteiger partial charge in [-0.2, -0.15) is 0 Å². The molecular formula is C16H27NO7. The van der Waals surface area contributed by atoms with E-state index in [4.69, 9.17) is 4.74 Å². The van der Waals surface area contributed by atoms with Crippen molar-refractivity contribution in [2.24, 2.45) is 5.92 Å². The molecule has 1 heterocycles. The molecule has 0 aromatic rings. The highest BCUT2D eigenvalue weighted by molar-refractivity contribution is 5.74. The van der Waals surface area contributed by atoms with Crippen LogP contribution in [0.15, 0.2) is 0 Å². The molecule has 1 amide bonds. The zero-order chi connectivity index (χ0) is 18.5. The van der Waals surface area contributed by atoms with Crippen LogP contribution in [0.5, 0.6) is 0 Å². The molecule has 1 aliphatic rings. The van der Waals surface area contributed by atoms with Gasteiger partial charge in [0.15, 0.2) is 0 Å². The summed E-state index contributed by atoms with van der Waals surface area (Å²) in [4.78, 5) is 36.8. The SMILES string of the molecule is COC(=O)CC[C@H]1C(O)CN(C(=O)OC(C)(C)C)C1CC(=O)OC. The smallest absolute Gasteiger partial charge is 0.410 e. The summed E-state index contributed by atoms with van der Waals surface area (Å²) in [6, 6.07) is -0.591. The van der Waals surface area contributed by atoms with E-state index in [1.165, 1.54) is 19.1 Å². The molecule has 1 saturated heterocycles. The van der Waals surface area contributed by atoms with Crippen molar-refractivity contribution in [2.75, 3.05) is 20.8 Å². The van der Waals surface area contributed by atoms with Gasteiger partial charge in [0.1, 0.15) is 5.60 Å². The van der Waals surface area contributed by atoms with E-state index in [1.54, 1.807) is 20.8 Å². The number of methoxy groups -OCH3 is 2. The van der Waals surface area contributed by atoms with Crippen LogP contribution in [0.4, 0.5) is 4.79 Å². The quantitative estimate of drug-likeness (QED) is 0.588. The molecular weight excluding hydrogens is 318 g/mol. The standard InChI is InChI=1S/C16H27NO7/c1-16(2,3)24-15(21)17-9-12(18)10(6-7-13(19)22-4)11(17)8-14(20)23-5/h10-12,18H,6-9H2,1-5H3/t10-,11?,12?/m1/s1. The van der Waals surface area contributed by atoms with Crippen LogP contribution in [-0.2, 0) is 23.8 Å². The minimum absolute atomic E-state index is 0.0441. The van der Waals surface area contributed by atoms with Crippen molar-refractivity contribution in [3.63, 3.8) is 0 Å². The number of aliphatic hydroxyl groups is 1. The van der Waals surface area contributed by atoms with Crippen molar-refractivity contribution >= 4 is 18.0 Å². The third-order valence-corrected chi connectivity index (χ3v) is 3.91. The molecule has 0 aromatic heterocycles. The largest absolute Gasteiger partial charge is 0.469 e. The normalized spacial score (nSPS) is 23.8. The number of hydrogen-bond acceptors (Lipinski definition) is 7. The van der Waals surface area contributed by atoms with Crippen LogP contribution < -0.4 is 0 Å². The maximum absolute atomic E-state index is 12.4. The van der Waals surface area contributed by atoms with Gasteiger partial charge in [-0.1, -0.05) is 0 Å². The van der Waals surface area contributed by atoms with Crippen LogP contribution >= 0.6 is 0 Å². The van der Waals surface area contributed by atoms with Gasteiger partial charge in [0.05, 0.1) is 39.3 Å². The second-order valence-corrected chi connectivity index (χ2v) is 6.83. The summed E-state index contributed by atoms with van der Waals surface area (Å²) in [7, 11) is 2.54. The fourth-order valence-electron chi connectivity index (χ4n) is 2.78. The lowest BCUT2D eigenvalue weighted by molar-refractivity contribution is -0.142. The Labute approximate surface area is 142 Å². The Morgan fingerprint density at radius 1 is 1.12 bits per heavy atom. The molecule has 1 N–H and O–H groups in total. The topological polar surface area (TPSA) is 102 Å². The highest BCUT2D eigenvalue weighted by Crippen LogP contribution is 2.32. The molecule has 3 atom stereocenters. The first-order valence-corrected chi connectivity index (χ1v) is 7.90.